The fraction of sp³-hybridized carbons (Fsp3) is 0.188. The average Bonchev–Trinajstić information content (AvgIpc) is 2.48. The molecule has 2 rings (SSSR count). The highest BCUT2D eigenvalue weighted by Crippen LogP contribution is 2.27. The fourth-order valence-corrected chi connectivity index (χ4v) is 2.09. The van der Waals surface area contributed by atoms with Gasteiger partial charge in [0.25, 0.3) is 0 Å². The van der Waals surface area contributed by atoms with Crippen molar-refractivity contribution < 1.29 is 4.74 Å². The summed E-state index contributed by atoms with van der Waals surface area (Å²) in [4.78, 5) is 0. The monoisotopic (exact) mass is 286 g/mol. The number of halogens is 1. The first kappa shape index (κ1) is 14.4. The molecule has 0 amide bonds. The number of ether oxygens (including phenoxy) is 1. The number of benzene rings is 2. The Hall–Kier alpha value is -2.02. The molecular formula is C16H15ClN2O. The van der Waals surface area contributed by atoms with E-state index in [2.05, 4.69) is 11.4 Å². The standard InChI is InChI=1S/C16H15ClN2O/c1-19-10-14-15(17)3-2-4-16(14)20-11-13-7-5-12(9-18)6-8-13/h2-8,19H,10-11H2,1H3. The Kier molecular flexibility index (Phi) is 5.00. The highest BCUT2D eigenvalue weighted by molar-refractivity contribution is 6.31. The molecule has 3 nitrogen and oxygen atoms in total. The normalized spacial score (nSPS) is 10.1. The summed E-state index contributed by atoms with van der Waals surface area (Å²) in [6, 6.07) is 15.1. The smallest absolute Gasteiger partial charge is 0.125 e. The second-order valence-electron chi connectivity index (χ2n) is 4.34. The third kappa shape index (κ3) is 3.51. The molecule has 0 saturated heterocycles. The molecule has 1 N–H and O–H groups in total. The Labute approximate surface area is 123 Å². The molecule has 0 atom stereocenters. The lowest BCUT2D eigenvalue weighted by Gasteiger charge is -2.12. The molecule has 0 heterocycles. The largest absolute Gasteiger partial charge is 0.489 e. The third-order valence-corrected chi connectivity index (χ3v) is 3.26. The molecule has 102 valence electrons. The molecule has 2 aromatic carbocycles. The quantitative estimate of drug-likeness (QED) is 0.915. The van der Waals surface area contributed by atoms with E-state index in [9.17, 15) is 0 Å². The molecule has 0 fully saturated rings. The number of nitriles is 1. The first-order chi connectivity index (χ1) is 9.74. The maximum absolute atomic E-state index is 8.76. The van der Waals surface area contributed by atoms with E-state index in [0.717, 1.165) is 16.9 Å². The molecule has 0 aliphatic rings. The molecule has 0 aliphatic carbocycles. The van der Waals surface area contributed by atoms with Gasteiger partial charge in [0, 0.05) is 17.1 Å². The summed E-state index contributed by atoms with van der Waals surface area (Å²) in [6.45, 7) is 1.10. The van der Waals surface area contributed by atoms with Crippen LogP contribution in [-0.4, -0.2) is 7.05 Å². The lowest BCUT2D eigenvalue weighted by atomic mass is 10.1. The van der Waals surface area contributed by atoms with Gasteiger partial charge in [-0.05, 0) is 36.9 Å². The molecule has 4 heteroatoms. The summed E-state index contributed by atoms with van der Waals surface area (Å²) in [5.41, 5.74) is 2.61. The highest BCUT2D eigenvalue weighted by atomic mass is 35.5. The van der Waals surface area contributed by atoms with Crippen molar-refractivity contribution in [3.63, 3.8) is 0 Å². The highest BCUT2D eigenvalue weighted by Gasteiger charge is 2.07. The van der Waals surface area contributed by atoms with Gasteiger partial charge in [0.2, 0.25) is 0 Å². The van der Waals surface area contributed by atoms with Crippen molar-refractivity contribution in [3.8, 4) is 11.8 Å². The molecule has 0 saturated carbocycles. The van der Waals surface area contributed by atoms with Crippen molar-refractivity contribution in [1.82, 2.24) is 5.32 Å². The van der Waals surface area contributed by atoms with Crippen LogP contribution in [0.25, 0.3) is 0 Å². The zero-order valence-electron chi connectivity index (χ0n) is 11.2. The number of rotatable bonds is 5. The Bertz CT molecular complexity index is 617. The Balaban J connectivity index is 2.10. The second-order valence-corrected chi connectivity index (χ2v) is 4.75. The zero-order chi connectivity index (χ0) is 14.4. The van der Waals surface area contributed by atoms with Crippen molar-refractivity contribution in [2.75, 3.05) is 7.05 Å². The molecule has 0 aliphatic heterocycles. The molecule has 20 heavy (non-hydrogen) atoms. The van der Waals surface area contributed by atoms with Gasteiger partial charge in [-0.2, -0.15) is 5.26 Å². The van der Waals surface area contributed by atoms with E-state index in [1.165, 1.54) is 0 Å². The predicted molar refractivity (Wildman–Crippen MR) is 79.7 cm³/mol. The Morgan fingerprint density at radius 1 is 1.20 bits per heavy atom. The SMILES string of the molecule is CNCc1c(Cl)cccc1OCc1ccc(C#N)cc1. The van der Waals surface area contributed by atoms with Gasteiger partial charge >= 0.3 is 0 Å². The molecule has 0 unspecified atom stereocenters. The minimum Gasteiger partial charge on any atom is -0.489 e. The lowest BCUT2D eigenvalue weighted by molar-refractivity contribution is 0.302. The van der Waals surface area contributed by atoms with Gasteiger partial charge in [0.1, 0.15) is 12.4 Å². The van der Waals surface area contributed by atoms with Crippen LogP contribution in [0.2, 0.25) is 5.02 Å². The van der Waals surface area contributed by atoms with Crippen LogP contribution in [0, 0.1) is 11.3 Å². The van der Waals surface area contributed by atoms with Gasteiger partial charge in [0.15, 0.2) is 0 Å². The maximum Gasteiger partial charge on any atom is 0.125 e. The van der Waals surface area contributed by atoms with Gasteiger partial charge < -0.3 is 10.1 Å². The summed E-state index contributed by atoms with van der Waals surface area (Å²) in [5.74, 6) is 0.774. The van der Waals surface area contributed by atoms with Gasteiger partial charge in [-0.3, -0.25) is 0 Å². The van der Waals surface area contributed by atoms with Crippen LogP contribution in [0.4, 0.5) is 0 Å². The van der Waals surface area contributed by atoms with Crippen molar-refractivity contribution >= 4 is 11.6 Å². The van der Waals surface area contributed by atoms with Crippen LogP contribution < -0.4 is 10.1 Å². The van der Waals surface area contributed by atoms with Crippen LogP contribution >= 0.6 is 11.6 Å². The summed E-state index contributed by atoms with van der Waals surface area (Å²) < 4.78 is 5.82. The van der Waals surface area contributed by atoms with Crippen LogP contribution in [0.15, 0.2) is 42.5 Å². The van der Waals surface area contributed by atoms with Crippen molar-refractivity contribution in [1.29, 1.82) is 5.26 Å². The van der Waals surface area contributed by atoms with Crippen LogP contribution in [-0.2, 0) is 13.2 Å². The molecule has 0 aromatic heterocycles. The van der Waals surface area contributed by atoms with E-state index in [1.807, 2.05) is 37.4 Å². The molecular weight excluding hydrogens is 272 g/mol. The summed E-state index contributed by atoms with van der Waals surface area (Å²) in [6.07, 6.45) is 0. The van der Waals surface area contributed by atoms with E-state index in [-0.39, 0.29) is 0 Å². The van der Waals surface area contributed by atoms with E-state index in [1.54, 1.807) is 12.1 Å². The molecule has 0 spiro atoms. The first-order valence-electron chi connectivity index (χ1n) is 6.28. The summed E-state index contributed by atoms with van der Waals surface area (Å²) in [7, 11) is 1.87. The Morgan fingerprint density at radius 3 is 2.60 bits per heavy atom. The lowest BCUT2D eigenvalue weighted by Crippen LogP contribution is -2.08. The molecule has 0 bridgehead atoms. The number of nitrogens with one attached hydrogen (secondary N) is 1. The maximum atomic E-state index is 8.76. The van der Waals surface area contributed by atoms with Crippen LogP contribution in [0.5, 0.6) is 5.75 Å². The van der Waals surface area contributed by atoms with Gasteiger partial charge in [-0.25, -0.2) is 0 Å². The Morgan fingerprint density at radius 2 is 1.95 bits per heavy atom. The number of hydrogen-bond acceptors (Lipinski definition) is 3. The van der Waals surface area contributed by atoms with Crippen molar-refractivity contribution in [2.45, 2.75) is 13.2 Å². The first-order valence-corrected chi connectivity index (χ1v) is 6.66. The second kappa shape index (κ2) is 6.95. The zero-order valence-corrected chi connectivity index (χ0v) is 11.9. The van der Waals surface area contributed by atoms with Crippen molar-refractivity contribution in [2.24, 2.45) is 0 Å². The molecule has 2 aromatic rings. The fourth-order valence-electron chi connectivity index (χ4n) is 1.86. The van der Waals surface area contributed by atoms with E-state index < -0.39 is 0 Å². The number of hydrogen-bond donors (Lipinski definition) is 1. The molecule has 0 radical (unpaired) electrons. The van der Waals surface area contributed by atoms with Gasteiger partial charge in [-0.15, -0.1) is 0 Å². The van der Waals surface area contributed by atoms with Crippen LogP contribution in [0.3, 0.4) is 0 Å². The average molecular weight is 287 g/mol. The van der Waals surface area contributed by atoms with Gasteiger partial charge in [-0.1, -0.05) is 29.8 Å². The number of nitrogens with zero attached hydrogens (tertiary/aromatic N) is 1. The predicted octanol–water partition coefficient (Wildman–Crippen LogP) is 3.51. The summed E-state index contributed by atoms with van der Waals surface area (Å²) in [5, 5.41) is 12.5. The van der Waals surface area contributed by atoms with E-state index >= 15 is 0 Å². The van der Waals surface area contributed by atoms with Crippen molar-refractivity contribution in [3.05, 3.63) is 64.2 Å². The minimum atomic E-state index is 0.447. The third-order valence-electron chi connectivity index (χ3n) is 2.91. The minimum absolute atomic E-state index is 0.447. The van der Waals surface area contributed by atoms with Gasteiger partial charge in [0.05, 0.1) is 11.6 Å². The van der Waals surface area contributed by atoms with E-state index in [4.69, 9.17) is 21.6 Å². The summed E-state index contributed by atoms with van der Waals surface area (Å²) >= 11 is 6.17. The van der Waals surface area contributed by atoms with Crippen LogP contribution in [0.1, 0.15) is 16.7 Å². The topological polar surface area (TPSA) is 45.0 Å². The van der Waals surface area contributed by atoms with E-state index in [0.29, 0.717) is 23.7 Å².